The molecule has 6 heteroatoms. The minimum atomic E-state index is -0.161. The van der Waals surface area contributed by atoms with E-state index in [4.69, 9.17) is 0 Å². The molecule has 3 heterocycles. The Balaban J connectivity index is 2.08. The molecule has 1 aromatic carbocycles. The molecule has 0 atom stereocenters. The zero-order valence-electron chi connectivity index (χ0n) is 14.5. The zero-order valence-corrected chi connectivity index (χ0v) is 14.5. The largest absolute Gasteiger partial charge is 0.506 e. The summed E-state index contributed by atoms with van der Waals surface area (Å²) in [7, 11) is 0. The van der Waals surface area contributed by atoms with E-state index in [0.29, 0.717) is 22.5 Å². The van der Waals surface area contributed by atoms with Gasteiger partial charge in [-0.1, -0.05) is 30.3 Å². The van der Waals surface area contributed by atoms with Gasteiger partial charge in [-0.15, -0.1) is 0 Å². The molecule has 4 rings (SSSR count). The Hall–Kier alpha value is -3.41. The second kappa shape index (κ2) is 6.15. The Morgan fingerprint density at radius 2 is 1.73 bits per heavy atom. The summed E-state index contributed by atoms with van der Waals surface area (Å²) in [4.78, 5) is 12.1. The van der Waals surface area contributed by atoms with Crippen molar-refractivity contribution in [1.29, 1.82) is 0 Å². The molecule has 0 radical (unpaired) electrons. The minimum absolute atomic E-state index is 0.0712. The molecule has 0 spiro atoms. The van der Waals surface area contributed by atoms with Gasteiger partial charge in [0.1, 0.15) is 17.0 Å². The highest BCUT2D eigenvalue weighted by Crippen LogP contribution is 2.37. The van der Waals surface area contributed by atoms with Gasteiger partial charge in [-0.3, -0.25) is 4.79 Å². The maximum Gasteiger partial charge on any atom is 0.267 e. The summed E-state index contributed by atoms with van der Waals surface area (Å²) in [5.41, 5.74) is 3.30. The third-order valence-corrected chi connectivity index (χ3v) is 4.25. The van der Waals surface area contributed by atoms with Gasteiger partial charge in [0.25, 0.3) is 5.56 Å². The smallest absolute Gasteiger partial charge is 0.267 e. The molecular formula is C20H18N4O2. The number of pyridine rings is 1. The van der Waals surface area contributed by atoms with Gasteiger partial charge in [0.15, 0.2) is 0 Å². The average molecular weight is 346 g/mol. The van der Waals surface area contributed by atoms with Gasteiger partial charge in [-0.25, -0.2) is 9.20 Å². The summed E-state index contributed by atoms with van der Waals surface area (Å²) in [6.45, 7) is 3.81. The van der Waals surface area contributed by atoms with Crippen LogP contribution >= 0.6 is 0 Å². The number of rotatable bonds is 3. The van der Waals surface area contributed by atoms with Crippen molar-refractivity contribution in [2.45, 2.75) is 19.9 Å². The SMILES string of the molecule is CC(C)n1nc(-c2c(-c3ccccc3)nn3cccc(O)c23)ccc1=O. The summed E-state index contributed by atoms with van der Waals surface area (Å²) in [6, 6.07) is 16.2. The minimum Gasteiger partial charge on any atom is -0.506 e. The number of hydrogen-bond donors (Lipinski definition) is 1. The Morgan fingerprint density at radius 3 is 2.46 bits per heavy atom. The quantitative estimate of drug-likeness (QED) is 0.616. The molecule has 0 saturated heterocycles. The Labute approximate surface area is 150 Å². The van der Waals surface area contributed by atoms with Crippen molar-refractivity contribution in [2.24, 2.45) is 0 Å². The highest BCUT2D eigenvalue weighted by Gasteiger charge is 2.20. The maximum atomic E-state index is 12.1. The van der Waals surface area contributed by atoms with E-state index in [-0.39, 0.29) is 17.4 Å². The molecule has 0 saturated carbocycles. The van der Waals surface area contributed by atoms with Crippen LogP contribution < -0.4 is 5.56 Å². The lowest BCUT2D eigenvalue weighted by atomic mass is 10.0. The molecule has 0 bridgehead atoms. The van der Waals surface area contributed by atoms with Crippen LogP contribution in [0.1, 0.15) is 19.9 Å². The molecule has 0 unspecified atom stereocenters. The van der Waals surface area contributed by atoms with Gasteiger partial charge in [-0.05, 0) is 32.0 Å². The standard InChI is InChI=1S/C20H18N4O2/c1-13(2)24-17(26)11-10-15(21-24)18-19(14-7-4-3-5-8-14)22-23-12-6-9-16(25)20(18)23/h3-13,25H,1-2H3. The summed E-state index contributed by atoms with van der Waals surface area (Å²) < 4.78 is 3.08. The van der Waals surface area contributed by atoms with Crippen LogP contribution in [0.15, 0.2) is 65.6 Å². The van der Waals surface area contributed by atoms with Gasteiger partial charge < -0.3 is 5.11 Å². The van der Waals surface area contributed by atoms with Crippen LogP contribution in [-0.2, 0) is 0 Å². The van der Waals surface area contributed by atoms with Gasteiger partial charge in [-0.2, -0.15) is 10.2 Å². The molecule has 0 amide bonds. The van der Waals surface area contributed by atoms with Crippen molar-refractivity contribution in [3.05, 3.63) is 71.1 Å². The van der Waals surface area contributed by atoms with Crippen molar-refractivity contribution in [2.75, 3.05) is 0 Å². The summed E-state index contributed by atoms with van der Waals surface area (Å²) in [5, 5.41) is 19.6. The average Bonchev–Trinajstić information content (AvgIpc) is 3.03. The van der Waals surface area contributed by atoms with Crippen LogP contribution in [0.4, 0.5) is 0 Å². The Bertz CT molecular complexity index is 1140. The molecule has 6 nitrogen and oxygen atoms in total. The lowest BCUT2D eigenvalue weighted by molar-refractivity contribution is 0.478. The number of aromatic hydroxyl groups is 1. The summed E-state index contributed by atoms with van der Waals surface area (Å²) >= 11 is 0. The molecule has 26 heavy (non-hydrogen) atoms. The second-order valence-corrected chi connectivity index (χ2v) is 6.37. The normalized spacial score (nSPS) is 11.3. The van der Waals surface area contributed by atoms with Gasteiger partial charge in [0.05, 0.1) is 17.3 Å². The number of hydrogen-bond acceptors (Lipinski definition) is 4. The fraction of sp³-hybridized carbons (Fsp3) is 0.150. The van der Waals surface area contributed by atoms with Crippen LogP contribution in [0.25, 0.3) is 28.0 Å². The molecule has 0 aliphatic heterocycles. The summed E-state index contributed by atoms with van der Waals surface area (Å²) in [5.74, 6) is 0.112. The molecule has 0 fully saturated rings. The lowest BCUT2D eigenvalue weighted by Crippen LogP contribution is -2.23. The molecule has 0 aliphatic carbocycles. The predicted octanol–water partition coefficient (Wildman–Crippen LogP) is 3.51. The maximum absolute atomic E-state index is 12.1. The first-order valence-corrected chi connectivity index (χ1v) is 8.42. The van der Waals surface area contributed by atoms with Crippen molar-refractivity contribution in [3.8, 4) is 28.3 Å². The van der Waals surface area contributed by atoms with Crippen molar-refractivity contribution < 1.29 is 5.11 Å². The van der Waals surface area contributed by atoms with Gasteiger partial charge in [0, 0.05) is 17.8 Å². The first-order valence-electron chi connectivity index (χ1n) is 8.42. The molecule has 130 valence electrons. The third kappa shape index (κ3) is 2.56. The zero-order chi connectivity index (χ0) is 18.3. The van der Waals surface area contributed by atoms with E-state index in [1.165, 1.54) is 10.7 Å². The molecule has 1 N–H and O–H groups in total. The number of nitrogens with zero attached hydrogens (tertiary/aromatic N) is 4. The van der Waals surface area contributed by atoms with Crippen molar-refractivity contribution >= 4 is 5.52 Å². The predicted molar refractivity (Wildman–Crippen MR) is 100 cm³/mol. The van der Waals surface area contributed by atoms with E-state index >= 15 is 0 Å². The van der Waals surface area contributed by atoms with E-state index in [1.54, 1.807) is 28.9 Å². The van der Waals surface area contributed by atoms with E-state index in [9.17, 15) is 9.90 Å². The van der Waals surface area contributed by atoms with Crippen LogP contribution in [0.3, 0.4) is 0 Å². The lowest BCUT2D eigenvalue weighted by Gasteiger charge is -2.10. The Morgan fingerprint density at radius 1 is 0.962 bits per heavy atom. The fourth-order valence-electron chi connectivity index (χ4n) is 3.05. The third-order valence-electron chi connectivity index (χ3n) is 4.25. The van der Waals surface area contributed by atoms with Crippen LogP contribution in [0.5, 0.6) is 5.75 Å². The van der Waals surface area contributed by atoms with Crippen molar-refractivity contribution in [3.63, 3.8) is 0 Å². The van der Waals surface area contributed by atoms with Crippen LogP contribution in [0.2, 0.25) is 0 Å². The summed E-state index contributed by atoms with van der Waals surface area (Å²) in [6.07, 6.45) is 1.78. The monoisotopic (exact) mass is 346 g/mol. The highest BCUT2D eigenvalue weighted by molar-refractivity contribution is 5.93. The molecule has 4 aromatic rings. The second-order valence-electron chi connectivity index (χ2n) is 6.37. The highest BCUT2D eigenvalue weighted by atomic mass is 16.3. The number of benzene rings is 1. The van der Waals surface area contributed by atoms with E-state index in [1.807, 2.05) is 44.2 Å². The topological polar surface area (TPSA) is 72.4 Å². The van der Waals surface area contributed by atoms with Gasteiger partial charge >= 0.3 is 0 Å². The molecule has 0 aliphatic rings. The number of aromatic nitrogens is 4. The van der Waals surface area contributed by atoms with E-state index < -0.39 is 0 Å². The first-order chi connectivity index (χ1) is 12.6. The Kier molecular flexibility index (Phi) is 3.80. The van der Waals surface area contributed by atoms with Crippen LogP contribution in [-0.4, -0.2) is 24.5 Å². The first kappa shape index (κ1) is 16.1. The molecule has 3 aromatic heterocycles. The van der Waals surface area contributed by atoms with Gasteiger partial charge in [0.2, 0.25) is 0 Å². The van der Waals surface area contributed by atoms with Crippen LogP contribution in [0, 0.1) is 0 Å². The van der Waals surface area contributed by atoms with E-state index in [0.717, 1.165) is 5.56 Å². The van der Waals surface area contributed by atoms with Crippen molar-refractivity contribution in [1.82, 2.24) is 19.4 Å². The fourth-order valence-corrected chi connectivity index (χ4v) is 3.05. The van der Waals surface area contributed by atoms with E-state index in [2.05, 4.69) is 10.2 Å². The number of fused-ring (bicyclic) bond motifs is 1. The molecular weight excluding hydrogens is 328 g/mol.